The van der Waals surface area contributed by atoms with Gasteiger partial charge in [-0.05, 0) is 38.0 Å². The van der Waals surface area contributed by atoms with Gasteiger partial charge in [0, 0.05) is 12.0 Å². The summed E-state index contributed by atoms with van der Waals surface area (Å²) in [6.07, 6.45) is -2.08. The van der Waals surface area contributed by atoms with Crippen LogP contribution in [0, 0.1) is 12.8 Å². The Morgan fingerprint density at radius 3 is 2.45 bits per heavy atom. The van der Waals surface area contributed by atoms with Crippen LogP contribution >= 0.6 is 0 Å². The number of halogens is 3. The third-order valence-electron chi connectivity index (χ3n) is 5.02. The predicted octanol–water partition coefficient (Wildman–Crippen LogP) is 3.24. The van der Waals surface area contributed by atoms with Gasteiger partial charge in [0.1, 0.15) is 18.6 Å². The van der Waals surface area contributed by atoms with Crippen LogP contribution in [0.1, 0.15) is 24.0 Å². The highest BCUT2D eigenvalue weighted by Crippen LogP contribution is 2.29. The van der Waals surface area contributed by atoms with Gasteiger partial charge in [0.05, 0.1) is 25.2 Å². The molecule has 3 rings (SSSR count). The summed E-state index contributed by atoms with van der Waals surface area (Å²) in [6.45, 7) is 4.05. The van der Waals surface area contributed by atoms with Crippen molar-refractivity contribution < 1.29 is 27.7 Å². The second-order valence-corrected chi connectivity index (χ2v) is 7.17. The first-order valence-corrected chi connectivity index (χ1v) is 9.64. The lowest BCUT2D eigenvalue weighted by atomic mass is 9.96. The van der Waals surface area contributed by atoms with Crippen LogP contribution in [0.2, 0.25) is 0 Å². The van der Waals surface area contributed by atoms with Crippen molar-refractivity contribution in [2.75, 3.05) is 31.1 Å². The Morgan fingerprint density at radius 1 is 1.17 bits per heavy atom. The van der Waals surface area contributed by atoms with E-state index in [0.29, 0.717) is 44.9 Å². The monoisotopic (exact) mass is 408 g/mol. The maximum Gasteiger partial charge on any atom is 0.419 e. The van der Waals surface area contributed by atoms with Crippen molar-refractivity contribution in [1.82, 2.24) is 5.32 Å². The molecular formula is C21H25F3N3O2+. The Hall–Kier alpha value is -2.77. The van der Waals surface area contributed by atoms with Gasteiger partial charge < -0.3 is 10.1 Å². The molecule has 1 aliphatic heterocycles. The van der Waals surface area contributed by atoms with E-state index in [-0.39, 0.29) is 11.8 Å². The highest BCUT2D eigenvalue weighted by molar-refractivity contribution is 5.78. The van der Waals surface area contributed by atoms with Gasteiger partial charge in [0.2, 0.25) is 5.91 Å². The van der Waals surface area contributed by atoms with Crippen LogP contribution in [-0.2, 0) is 11.0 Å². The number of piperidine rings is 1. The molecule has 2 heterocycles. The zero-order valence-corrected chi connectivity index (χ0v) is 16.3. The highest BCUT2D eigenvalue weighted by Gasteiger charge is 2.33. The maximum atomic E-state index is 12.7. The number of nitrogens with zero attached hydrogens (tertiary/aromatic N) is 1. The molecule has 1 aliphatic rings. The van der Waals surface area contributed by atoms with Crippen molar-refractivity contribution in [1.29, 1.82) is 0 Å². The lowest BCUT2D eigenvalue weighted by Gasteiger charge is -2.27. The summed E-state index contributed by atoms with van der Waals surface area (Å²) in [6, 6.07) is 10.2. The summed E-state index contributed by atoms with van der Waals surface area (Å²) >= 11 is 0. The van der Waals surface area contributed by atoms with E-state index in [2.05, 4.69) is 10.3 Å². The van der Waals surface area contributed by atoms with Gasteiger partial charge in [-0.1, -0.05) is 17.7 Å². The Kier molecular flexibility index (Phi) is 6.61. The molecule has 5 nitrogen and oxygen atoms in total. The van der Waals surface area contributed by atoms with Crippen LogP contribution in [0.4, 0.5) is 19.0 Å². The molecule has 8 heteroatoms. The van der Waals surface area contributed by atoms with Gasteiger partial charge in [0.15, 0.2) is 0 Å². The van der Waals surface area contributed by atoms with Crippen molar-refractivity contribution in [3.8, 4) is 5.75 Å². The molecule has 1 aromatic carbocycles. The Labute approximate surface area is 167 Å². The molecular weight excluding hydrogens is 383 g/mol. The summed E-state index contributed by atoms with van der Waals surface area (Å²) in [5, 5.41) is 2.90. The van der Waals surface area contributed by atoms with Gasteiger partial charge in [-0.3, -0.25) is 9.69 Å². The average Bonchev–Trinajstić information content (AvgIpc) is 2.72. The third kappa shape index (κ3) is 5.85. The summed E-state index contributed by atoms with van der Waals surface area (Å²) in [4.78, 5) is 17.0. The molecule has 1 aromatic heterocycles. The largest absolute Gasteiger partial charge is 0.492 e. The molecule has 0 atom stereocenters. The van der Waals surface area contributed by atoms with Crippen LogP contribution in [0.5, 0.6) is 5.75 Å². The highest BCUT2D eigenvalue weighted by atomic mass is 19.4. The summed E-state index contributed by atoms with van der Waals surface area (Å²) < 4.78 is 43.6. The fraction of sp³-hybridized carbons (Fsp3) is 0.429. The number of hydrogen-bond donors (Lipinski definition) is 1. The summed E-state index contributed by atoms with van der Waals surface area (Å²) in [5.74, 6) is 1.29. The van der Waals surface area contributed by atoms with Crippen LogP contribution in [0.3, 0.4) is 0 Å². The number of carbonyl (C=O) groups is 1. The number of H-pyrrole nitrogens is 1. The van der Waals surface area contributed by atoms with Crippen molar-refractivity contribution >= 4 is 11.7 Å². The van der Waals surface area contributed by atoms with Crippen molar-refractivity contribution in [3.05, 3.63) is 53.7 Å². The van der Waals surface area contributed by atoms with Gasteiger partial charge in [-0.15, -0.1) is 0 Å². The number of alkyl halides is 3. The van der Waals surface area contributed by atoms with E-state index in [1.165, 1.54) is 6.07 Å². The van der Waals surface area contributed by atoms with E-state index in [9.17, 15) is 18.0 Å². The second kappa shape index (κ2) is 9.15. The molecule has 0 bridgehead atoms. The van der Waals surface area contributed by atoms with E-state index in [4.69, 9.17) is 4.74 Å². The number of aromatic amines is 1. The minimum atomic E-state index is -4.36. The lowest BCUT2D eigenvalue weighted by Crippen LogP contribution is -2.43. The van der Waals surface area contributed by atoms with E-state index in [0.717, 1.165) is 23.6 Å². The number of pyridine rings is 1. The normalized spacial score (nSPS) is 15.2. The number of hydrogen-bond acceptors (Lipinski definition) is 3. The molecule has 0 spiro atoms. The number of carbonyl (C=O) groups excluding carboxylic acids is 1. The number of anilines is 1. The molecule has 0 saturated carbocycles. The molecule has 29 heavy (non-hydrogen) atoms. The fourth-order valence-corrected chi connectivity index (χ4v) is 3.29. The van der Waals surface area contributed by atoms with E-state index in [1.54, 1.807) is 0 Å². The summed E-state index contributed by atoms with van der Waals surface area (Å²) in [7, 11) is 0. The number of aromatic nitrogens is 1. The number of rotatable bonds is 6. The minimum absolute atomic E-state index is 0.00597. The first kappa shape index (κ1) is 21.0. The summed E-state index contributed by atoms with van der Waals surface area (Å²) in [5.41, 5.74) is 0.453. The van der Waals surface area contributed by atoms with Crippen molar-refractivity contribution in [2.24, 2.45) is 5.92 Å². The van der Waals surface area contributed by atoms with Gasteiger partial charge in [-0.2, -0.15) is 13.2 Å². The number of aryl methyl sites for hydroxylation is 1. The zero-order valence-electron chi connectivity index (χ0n) is 16.3. The molecule has 2 aromatic rings. The molecule has 2 N–H and O–H groups in total. The standard InChI is InChI=1S/C21H24F3N3O2/c1-15-2-5-18(6-3-15)29-13-10-25-20(28)16-8-11-27(12-9-16)19-7-4-17(14-26-19)21(22,23)24/h2-7,14,16H,8-13H2,1H3,(H,25,28)/p+1. The number of ether oxygens (including phenoxy) is 1. The molecule has 1 fully saturated rings. The molecule has 156 valence electrons. The van der Waals surface area contributed by atoms with Crippen molar-refractivity contribution in [2.45, 2.75) is 25.9 Å². The van der Waals surface area contributed by atoms with Crippen LogP contribution in [0.25, 0.3) is 0 Å². The second-order valence-electron chi connectivity index (χ2n) is 7.17. The molecule has 0 unspecified atom stereocenters. The van der Waals surface area contributed by atoms with Crippen LogP contribution in [0.15, 0.2) is 42.6 Å². The Balaban J connectivity index is 1.39. The number of amides is 1. The first-order chi connectivity index (χ1) is 13.8. The quantitative estimate of drug-likeness (QED) is 0.747. The number of benzene rings is 1. The lowest BCUT2D eigenvalue weighted by molar-refractivity contribution is -0.367. The molecule has 0 radical (unpaired) electrons. The van der Waals surface area contributed by atoms with Crippen LogP contribution in [-0.4, -0.2) is 32.1 Å². The Bertz CT molecular complexity index is 799. The molecule has 1 saturated heterocycles. The topological polar surface area (TPSA) is 55.7 Å². The average molecular weight is 408 g/mol. The predicted molar refractivity (Wildman–Crippen MR) is 103 cm³/mol. The van der Waals surface area contributed by atoms with Gasteiger partial charge >= 0.3 is 6.18 Å². The minimum Gasteiger partial charge on any atom is -0.492 e. The molecule has 1 amide bonds. The maximum absolute atomic E-state index is 12.7. The van der Waals surface area contributed by atoms with Gasteiger partial charge in [-0.25, -0.2) is 4.98 Å². The zero-order chi connectivity index (χ0) is 20.9. The van der Waals surface area contributed by atoms with E-state index >= 15 is 0 Å². The third-order valence-corrected chi connectivity index (χ3v) is 5.02. The first-order valence-electron chi connectivity index (χ1n) is 9.64. The molecule has 0 aliphatic carbocycles. The SMILES string of the molecule is Cc1ccc(OCCNC(=O)C2CCN(c3ccc(C(F)(F)F)c[nH+]3)CC2)cc1. The van der Waals surface area contributed by atoms with Gasteiger partial charge in [0.25, 0.3) is 5.82 Å². The smallest absolute Gasteiger partial charge is 0.419 e. The number of nitrogens with one attached hydrogen (secondary N) is 2. The fourth-order valence-electron chi connectivity index (χ4n) is 3.29. The van der Waals surface area contributed by atoms with E-state index in [1.807, 2.05) is 36.1 Å². The van der Waals surface area contributed by atoms with E-state index < -0.39 is 11.7 Å². The Morgan fingerprint density at radius 2 is 1.86 bits per heavy atom. The van der Waals surface area contributed by atoms with Crippen molar-refractivity contribution in [3.63, 3.8) is 0 Å². The van der Waals surface area contributed by atoms with Crippen LogP contribution < -0.4 is 19.9 Å².